The summed E-state index contributed by atoms with van der Waals surface area (Å²) < 4.78 is 2.72. The topological polar surface area (TPSA) is 46.9 Å². The number of carbonyl (C=O) groups excluding carboxylic acids is 1. The van der Waals surface area contributed by atoms with Gasteiger partial charge in [0, 0.05) is 6.04 Å². The first kappa shape index (κ1) is 14.6. The third kappa shape index (κ3) is 3.59. The van der Waals surface area contributed by atoms with Crippen LogP contribution in [0.1, 0.15) is 57.2 Å². The summed E-state index contributed by atoms with van der Waals surface area (Å²) in [6.45, 7) is 3.87. The first-order valence-corrected chi connectivity index (χ1v) is 7.89. The van der Waals surface area contributed by atoms with Gasteiger partial charge in [0.05, 0.1) is 16.4 Å². The van der Waals surface area contributed by atoms with Crippen molar-refractivity contribution in [2.45, 2.75) is 64.5 Å². The Labute approximate surface area is 123 Å². The van der Waals surface area contributed by atoms with Crippen molar-refractivity contribution in [1.29, 1.82) is 0 Å². The Hall–Kier alpha value is -0.840. The molecule has 1 aliphatic carbocycles. The zero-order chi connectivity index (χ0) is 13.8. The Morgan fingerprint density at radius 3 is 2.58 bits per heavy atom. The van der Waals surface area contributed by atoms with Crippen LogP contribution in [0, 0.1) is 6.92 Å². The summed E-state index contributed by atoms with van der Waals surface area (Å²) in [4.78, 5) is 12.3. The lowest BCUT2D eigenvalue weighted by molar-refractivity contribution is -0.125. The summed E-state index contributed by atoms with van der Waals surface area (Å²) in [5.74, 6) is 0.0746. The molecule has 1 aliphatic rings. The van der Waals surface area contributed by atoms with Crippen molar-refractivity contribution >= 4 is 21.8 Å². The third-order valence-electron chi connectivity index (χ3n) is 3.93. The molecular weight excluding hydrogens is 306 g/mol. The monoisotopic (exact) mass is 327 g/mol. The fraction of sp³-hybridized carbons (Fsp3) is 0.714. The molecule has 0 bridgehead atoms. The number of aromatic nitrogens is 2. The van der Waals surface area contributed by atoms with Crippen molar-refractivity contribution in [3.8, 4) is 0 Å². The van der Waals surface area contributed by atoms with E-state index in [1.54, 1.807) is 10.9 Å². The van der Waals surface area contributed by atoms with Gasteiger partial charge in [0.15, 0.2) is 0 Å². The average Bonchev–Trinajstić information content (AvgIpc) is 2.60. The van der Waals surface area contributed by atoms with Crippen LogP contribution in [0.25, 0.3) is 0 Å². The summed E-state index contributed by atoms with van der Waals surface area (Å²) >= 11 is 3.43. The van der Waals surface area contributed by atoms with E-state index in [2.05, 4.69) is 26.3 Å². The lowest BCUT2D eigenvalue weighted by Crippen LogP contribution is -2.39. The van der Waals surface area contributed by atoms with Crippen LogP contribution in [-0.2, 0) is 4.79 Å². The van der Waals surface area contributed by atoms with Gasteiger partial charge in [0.25, 0.3) is 0 Å². The summed E-state index contributed by atoms with van der Waals surface area (Å²) in [7, 11) is 0. The molecule has 0 radical (unpaired) electrons. The number of nitrogens with zero attached hydrogens (tertiary/aromatic N) is 2. The molecule has 5 heteroatoms. The number of nitrogens with one attached hydrogen (secondary N) is 1. The van der Waals surface area contributed by atoms with Gasteiger partial charge in [-0.3, -0.25) is 9.48 Å². The van der Waals surface area contributed by atoms with Crippen LogP contribution in [-0.4, -0.2) is 21.7 Å². The molecule has 1 unspecified atom stereocenters. The van der Waals surface area contributed by atoms with Crippen LogP contribution in [0.2, 0.25) is 0 Å². The number of hydrogen-bond acceptors (Lipinski definition) is 2. The van der Waals surface area contributed by atoms with Crippen LogP contribution in [0.15, 0.2) is 10.7 Å². The van der Waals surface area contributed by atoms with Crippen molar-refractivity contribution in [2.75, 3.05) is 0 Å². The molecule has 0 spiro atoms. The average molecular weight is 328 g/mol. The number of hydrogen-bond donors (Lipinski definition) is 1. The minimum Gasteiger partial charge on any atom is -0.352 e. The van der Waals surface area contributed by atoms with Gasteiger partial charge < -0.3 is 5.32 Å². The SMILES string of the molecule is Cc1c(Br)cnn1C(C)C(=O)NC1CCCCCC1. The molecule has 1 fully saturated rings. The molecule has 1 heterocycles. The smallest absolute Gasteiger partial charge is 0.244 e. The van der Waals surface area contributed by atoms with E-state index in [1.807, 2.05) is 13.8 Å². The van der Waals surface area contributed by atoms with E-state index in [4.69, 9.17) is 0 Å². The van der Waals surface area contributed by atoms with Crippen LogP contribution in [0.4, 0.5) is 0 Å². The Bertz CT molecular complexity index is 436. The van der Waals surface area contributed by atoms with Crippen molar-refractivity contribution in [1.82, 2.24) is 15.1 Å². The summed E-state index contributed by atoms with van der Waals surface area (Å²) in [5.41, 5.74) is 0.989. The first-order chi connectivity index (χ1) is 9.09. The summed E-state index contributed by atoms with van der Waals surface area (Å²) in [6, 6.07) is 0.0892. The van der Waals surface area contributed by atoms with Gasteiger partial charge in [-0.1, -0.05) is 25.7 Å². The molecule has 0 saturated heterocycles. The van der Waals surface area contributed by atoms with Crippen LogP contribution in [0.3, 0.4) is 0 Å². The fourth-order valence-corrected chi connectivity index (χ4v) is 2.92. The van der Waals surface area contributed by atoms with E-state index in [0.29, 0.717) is 6.04 Å². The van der Waals surface area contributed by atoms with E-state index < -0.39 is 0 Å². The van der Waals surface area contributed by atoms with Gasteiger partial charge in [-0.15, -0.1) is 0 Å². The lowest BCUT2D eigenvalue weighted by atomic mass is 10.1. The van der Waals surface area contributed by atoms with Crippen molar-refractivity contribution in [3.63, 3.8) is 0 Å². The van der Waals surface area contributed by atoms with Crippen LogP contribution < -0.4 is 5.32 Å². The first-order valence-electron chi connectivity index (χ1n) is 7.09. The Kier molecular flexibility index (Phi) is 5.02. The van der Waals surface area contributed by atoms with Gasteiger partial charge in [0.1, 0.15) is 6.04 Å². The highest BCUT2D eigenvalue weighted by Gasteiger charge is 2.22. The second kappa shape index (κ2) is 6.55. The minimum absolute atomic E-state index is 0.0746. The maximum atomic E-state index is 12.3. The lowest BCUT2D eigenvalue weighted by Gasteiger charge is -2.20. The van der Waals surface area contributed by atoms with E-state index in [0.717, 1.165) is 23.0 Å². The molecule has 1 saturated carbocycles. The van der Waals surface area contributed by atoms with Gasteiger partial charge in [-0.05, 0) is 42.6 Å². The standard InChI is InChI=1S/C14H22BrN3O/c1-10-13(15)9-16-18(10)11(2)14(19)17-12-7-5-3-4-6-8-12/h9,11-12H,3-8H2,1-2H3,(H,17,19). The van der Waals surface area contributed by atoms with Gasteiger partial charge in [-0.25, -0.2) is 0 Å². The molecule has 106 valence electrons. The second-order valence-electron chi connectivity index (χ2n) is 5.40. The predicted molar refractivity (Wildman–Crippen MR) is 79.0 cm³/mol. The van der Waals surface area contributed by atoms with Crippen molar-refractivity contribution < 1.29 is 4.79 Å². The van der Waals surface area contributed by atoms with Crippen molar-refractivity contribution in [3.05, 3.63) is 16.4 Å². The van der Waals surface area contributed by atoms with E-state index in [9.17, 15) is 4.79 Å². The number of rotatable bonds is 3. The molecule has 1 atom stereocenters. The quantitative estimate of drug-likeness (QED) is 0.865. The highest BCUT2D eigenvalue weighted by molar-refractivity contribution is 9.10. The Balaban J connectivity index is 1.97. The Morgan fingerprint density at radius 2 is 2.05 bits per heavy atom. The van der Waals surface area contributed by atoms with E-state index >= 15 is 0 Å². The molecule has 0 aliphatic heterocycles. The molecule has 1 amide bonds. The minimum atomic E-state index is -0.255. The second-order valence-corrected chi connectivity index (χ2v) is 6.25. The number of amides is 1. The highest BCUT2D eigenvalue weighted by atomic mass is 79.9. The molecule has 19 heavy (non-hydrogen) atoms. The summed E-state index contributed by atoms with van der Waals surface area (Å²) in [5, 5.41) is 7.44. The number of carbonyl (C=O) groups is 1. The zero-order valence-electron chi connectivity index (χ0n) is 11.7. The van der Waals surface area contributed by atoms with Crippen LogP contribution in [0.5, 0.6) is 0 Å². The van der Waals surface area contributed by atoms with Gasteiger partial charge in [-0.2, -0.15) is 5.10 Å². The van der Waals surface area contributed by atoms with Crippen LogP contribution >= 0.6 is 15.9 Å². The maximum absolute atomic E-state index is 12.3. The highest BCUT2D eigenvalue weighted by Crippen LogP contribution is 2.20. The molecular formula is C14H22BrN3O. The third-order valence-corrected chi connectivity index (χ3v) is 4.71. The molecule has 0 aromatic carbocycles. The van der Waals surface area contributed by atoms with E-state index in [-0.39, 0.29) is 11.9 Å². The molecule has 4 nitrogen and oxygen atoms in total. The molecule has 1 aromatic heterocycles. The summed E-state index contributed by atoms with van der Waals surface area (Å²) in [6.07, 6.45) is 9.02. The largest absolute Gasteiger partial charge is 0.352 e. The maximum Gasteiger partial charge on any atom is 0.244 e. The van der Waals surface area contributed by atoms with Crippen molar-refractivity contribution in [2.24, 2.45) is 0 Å². The normalized spacial score (nSPS) is 18.9. The fourth-order valence-electron chi connectivity index (χ4n) is 2.65. The van der Waals surface area contributed by atoms with Gasteiger partial charge >= 0.3 is 0 Å². The van der Waals surface area contributed by atoms with Gasteiger partial charge in [0.2, 0.25) is 5.91 Å². The molecule has 1 aromatic rings. The zero-order valence-corrected chi connectivity index (χ0v) is 13.2. The number of halogens is 1. The Morgan fingerprint density at radius 1 is 1.42 bits per heavy atom. The predicted octanol–water partition coefficient (Wildman–Crippen LogP) is 3.35. The van der Waals surface area contributed by atoms with E-state index in [1.165, 1.54) is 25.7 Å². The molecule has 2 rings (SSSR count). The molecule has 1 N–H and O–H groups in total.